The summed E-state index contributed by atoms with van der Waals surface area (Å²) in [6.45, 7) is 0.993. The lowest BCUT2D eigenvalue weighted by atomic mass is 10.2. The second-order valence-electron chi connectivity index (χ2n) is 5.89. The summed E-state index contributed by atoms with van der Waals surface area (Å²) in [4.78, 5) is 12.3. The maximum absolute atomic E-state index is 13.1. The molecule has 26 heavy (non-hydrogen) atoms. The molecule has 0 unspecified atom stereocenters. The van der Waals surface area contributed by atoms with E-state index < -0.39 is 21.7 Å². The summed E-state index contributed by atoms with van der Waals surface area (Å²) in [5.41, 5.74) is 2.99. The molecule has 1 aliphatic rings. The molecule has 8 heteroatoms. The molecule has 0 spiro atoms. The van der Waals surface area contributed by atoms with Crippen molar-refractivity contribution in [2.75, 3.05) is 13.1 Å². The Morgan fingerprint density at radius 2 is 1.85 bits per heavy atom. The zero-order chi connectivity index (χ0) is 18.6. The Morgan fingerprint density at radius 1 is 1.12 bits per heavy atom. The van der Waals surface area contributed by atoms with Gasteiger partial charge in [0, 0.05) is 18.7 Å². The van der Waals surface area contributed by atoms with Gasteiger partial charge in [0.05, 0.1) is 11.1 Å². The fraction of sp³-hybridized carbons (Fsp3) is 0.222. The van der Waals surface area contributed by atoms with Gasteiger partial charge in [-0.05, 0) is 48.7 Å². The van der Waals surface area contributed by atoms with Crippen LogP contribution in [0.1, 0.15) is 28.8 Å². The van der Waals surface area contributed by atoms with Gasteiger partial charge in [-0.25, -0.2) is 18.2 Å². The average Bonchev–Trinajstić information content (AvgIpc) is 3.17. The van der Waals surface area contributed by atoms with Crippen LogP contribution in [0.4, 0.5) is 4.39 Å². The third-order valence-electron chi connectivity index (χ3n) is 4.03. The van der Waals surface area contributed by atoms with E-state index in [1.807, 2.05) is 0 Å². The smallest absolute Gasteiger partial charge is 0.267 e. The SMILES string of the molecule is O=C(NN=Cc1cccc(F)c1)c1cccc(S(=O)(=O)N2CCCC2)c1. The van der Waals surface area contributed by atoms with E-state index in [2.05, 4.69) is 10.5 Å². The van der Waals surface area contributed by atoms with Crippen molar-refractivity contribution in [2.24, 2.45) is 5.10 Å². The molecule has 1 aliphatic heterocycles. The zero-order valence-corrected chi connectivity index (χ0v) is 14.7. The fourth-order valence-electron chi connectivity index (χ4n) is 2.69. The average molecular weight is 375 g/mol. The van der Waals surface area contributed by atoms with Gasteiger partial charge in [-0.3, -0.25) is 4.79 Å². The molecule has 0 bridgehead atoms. The van der Waals surface area contributed by atoms with Gasteiger partial charge in [0.25, 0.3) is 5.91 Å². The highest BCUT2D eigenvalue weighted by atomic mass is 32.2. The number of carbonyl (C=O) groups excluding carboxylic acids is 1. The number of hydrogen-bond donors (Lipinski definition) is 1. The van der Waals surface area contributed by atoms with E-state index in [1.165, 1.54) is 53.0 Å². The Kier molecular flexibility index (Phi) is 5.43. The van der Waals surface area contributed by atoms with Gasteiger partial charge in [-0.15, -0.1) is 0 Å². The van der Waals surface area contributed by atoms with E-state index in [0.29, 0.717) is 18.7 Å². The number of carbonyl (C=O) groups is 1. The van der Waals surface area contributed by atoms with Crippen LogP contribution in [0, 0.1) is 5.82 Å². The van der Waals surface area contributed by atoms with Gasteiger partial charge < -0.3 is 0 Å². The molecule has 1 amide bonds. The standard InChI is InChI=1S/C18H18FN3O3S/c19-16-7-3-5-14(11-16)13-20-21-18(23)15-6-4-8-17(12-15)26(24,25)22-9-1-2-10-22/h3-8,11-13H,1-2,9-10H2,(H,21,23). The molecule has 2 aromatic rings. The summed E-state index contributed by atoms with van der Waals surface area (Å²) in [6, 6.07) is 11.6. The molecule has 0 aromatic heterocycles. The third-order valence-corrected chi connectivity index (χ3v) is 5.92. The Bertz CT molecular complexity index is 938. The predicted molar refractivity (Wildman–Crippen MR) is 95.9 cm³/mol. The monoisotopic (exact) mass is 375 g/mol. The highest BCUT2D eigenvalue weighted by Gasteiger charge is 2.27. The lowest BCUT2D eigenvalue weighted by molar-refractivity contribution is 0.0955. The van der Waals surface area contributed by atoms with Crippen molar-refractivity contribution in [3.8, 4) is 0 Å². The quantitative estimate of drug-likeness (QED) is 0.644. The number of hydrogen-bond acceptors (Lipinski definition) is 4. The van der Waals surface area contributed by atoms with Crippen LogP contribution in [-0.2, 0) is 10.0 Å². The highest BCUT2D eigenvalue weighted by molar-refractivity contribution is 7.89. The summed E-state index contributed by atoms with van der Waals surface area (Å²) in [6.07, 6.45) is 2.99. The first-order valence-electron chi connectivity index (χ1n) is 8.16. The first-order valence-corrected chi connectivity index (χ1v) is 9.60. The molecule has 136 valence electrons. The lowest BCUT2D eigenvalue weighted by Crippen LogP contribution is -2.28. The van der Waals surface area contributed by atoms with Crippen molar-refractivity contribution in [1.29, 1.82) is 0 Å². The van der Waals surface area contributed by atoms with Gasteiger partial charge in [0.1, 0.15) is 5.82 Å². The van der Waals surface area contributed by atoms with Gasteiger partial charge in [0.2, 0.25) is 10.0 Å². The van der Waals surface area contributed by atoms with Gasteiger partial charge in [-0.1, -0.05) is 18.2 Å². The number of nitrogens with one attached hydrogen (secondary N) is 1. The molecule has 0 radical (unpaired) electrons. The topological polar surface area (TPSA) is 78.8 Å². The number of halogens is 1. The van der Waals surface area contributed by atoms with Crippen LogP contribution in [0.2, 0.25) is 0 Å². The second kappa shape index (κ2) is 7.76. The molecule has 1 fully saturated rings. The van der Waals surface area contributed by atoms with Crippen LogP contribution in [-0.4, -0.2) is 37.9 Å². The van der Waals surface area contributed by atoms with Crippen LogP contribution < -0.4 is 5.43 Å². The Labute approximate surface area is 151 Å². The number of rotatable bonds is 5. The summed E-state index contributed by atoms with van der Waals surface area (Å²) >= 11 is 0. The van der Waals surface area contributed by atoms with E-state index in [0.717, 1.165) is 12.8 Å². The number of hydrazone groups is 1. The molecular formula is C18H18FN3O3S. The summed E-state index contributed by atoms with van der Waals surface area (Å²) in [7, 11) is -3.59. The van der Waals surface area contributed by atoms with Crippen LogP contribution in [0.3, 0.4) is 0 Å². The molecule has 6 nitrogen and oxygen atoms in total. The number of amides is 1. The maximum atomic E-state index is 13.1. The Balaban J connectivity index is 1.72. The number of benzene rings is 2. The summed E-state index contributed by atoms with van der Waals surface area (Å²) < 4.78 is 39.7. The van der Waals surface area contributed by atoms with Crippen LogP contribution in [0.5, 0.6) is 0 Å². The Hall–Kier alpha value is -2.58. The largest absolute Gasteiger partial charge is 0.271 e. The van der Waals surface area contributed by atoms with Gasteiger partial charge in [0.15, 0.2) is 0 Å². The first-order chi connectivity index (χ1) is 12.5. The molecule has 0 saturated carbocycles. The zero-order valence-electron chi connectivity index (χ0n) is 13.9. The maximum Gasteiger partial charge on any atom is 0.271 e. The minimum Gasteiger partial charge on any atom is -0.267 e. The number of nitrogens with zero attached hydrogens (tertiary/aromatic N) is 2. The first kappa shape index (κ1) is 18.2. The van der Waals surface area contributed by atoms with Gasteiger partial charge >= 0.3 is 0 Å². The van der Waals surface area contributed by atoms with Crippen molar-refractivity contribution in [1.82, 2.24) is 9.73 Å². The molecule has 1 saturated heterocycles. The molecule has 0 atom stereocenters. The summed E-state index contributed by atoms with van der Waals surface area (Å²) in [5.74, 6) is -0.948. The van der Waals surface area contributed by atoms with Crippen LogP contribution in [0.25, 0.3) is 0 Å². The number of sulfonamides is 1. The lowest BCUT2D eigenvalue weighted by Gasteiger charge is -2.15. The minimum absolute atomic E-state index is 0.0844. The van der Waals surface area contributed by atoms with Crippen LogP contribution in [0.15, 0.2) is 58.5 Å². The van der Waals surface area contributed by atoms with Crippen molar-refractivity contribution < 1.29 is 17.6 Å². The minimum atomic E-state index is -3.59. The van der Waals surface area contributed by atoms with Crippen molar-refractivity contribution in [3.63, 3.8) is 0 Å². The fourth-order valence-corrected chi connectivity index (χ4v) is 4.26. The molecule has 2 aromatic carbocycles. The molecule has 1 N–H and O–H groups in total. The van der Waals surface area contributed by atoms with E-state index >= 15 is 0 Å². The molecule has 1 heterocycles. The van der Waals surface area contributed by atoms with E-state index in [-0.39, 0.29) is 10.5 Å². The normalized spacial score (nSPS) is 15.4. The van der Waals surface area contributed by atoms with E-state index in [1.54, 1.807) is 6.07 Å². The van der Waals surface area contributed by atoms with Crippen LogP contribution >= 0.6 is 0 Å². The van der Waals surface area contributed by atoms with E-state index in [4.69, 9.17) is 0 Å². The molecule has 0 aliphatic carbocycles. The van der Waals surface area contributed by atoms with E-state index in [9.17, 15) is 17.6 Å². The summed E-state index contributed by atoms with van der Waals surface area (Å²) in [5, 5.41) is 3.78. The molecular weight excluding hydrogens is 357 g/mol. The highest BCUT2D eigenvalue weighted by Crippen LogP contribution is 2.21. The van der Waals surface area contributed by atoms with Crippen molar-refractivity contribution >= 4 is 22.1 Å². The third kappa shape index (κ3) is 4.14. The van der Waals surface area contributed by atoms with Gasteiger partial charge in [-0.2, -0.15) is 9.41 Å². The Morgan fingerprint density at radius 3 is 2.58 bits per heavy atom. The molecule has 3 rings (SSSR count). The second-order valence-corrected chi connectivity index (χ2v) is 7.83. The van der Waals surface area contributed by atoms with Crippen molar-refractivity contribution in [2.45, 2.75) is 17.7 Å². The predicted octanol–water partition coefficient (Wildman–Crippen LogP) is 2.37. The van der Waals surface area contributed by atoms with Crippen molar-refractivity contribution in [3.05, 3.63) is 65.5 Å².